The molecule has 0 aliphatic carbocycles. The number of ether oxygens (including phenoxy) is 1. The van der Waals surface area contributed by atoms with Gasteiger partial charge in [0.15, 0.2) is 0 Å². The van der Waals surface area contributed by atoms with Gasteiger partial charge in [-0.05, 0) is 0 Å². The van der Waals surface area contributed by atoms with Crippen LogP contribution in [-0.4, -0.2) is 29.3 Å². The van der Waals surface area contributed by atoms with Crippen LogP contribution in [0.3, 0.4) is 0 Å². The Balaban J connectivity index is 2.15. The van der Waals surface area contributed by atoms with Crippen molar-refractivity contribution in [1.29, 1.82) is 0 Å². The van der Waals surface area contributed by atoms with Crippen molar-refractivity contribution in [2.24, 2.45) is 5.73 Å². The van der Waals surface area contributed by atoms with Crippen LogP contribution in [0.2, 0.25) is 0 Å². The molecule has 0 saturated carbocycles. The third-order valence-electron chi connectivity index (χ3n) is 2.21. The predicted octanol–water partition coefficient (Wildman–Crippen LogP) is 0.0765. The van der Waals surface area contributed by atoms with Crippen molar-refractivity contribution in [2.75, 3.05) is 13.2 Å². The van der Waals surface area contributed by atoms with Crippen LogP contribution in [0.4, 0.5) is 0 Å². The minimum atomic E-state index is 0.00742. The summed E-state index contributed by atoms with van der Waals surface area (Å²) in [5, 5.41) is 11.5. The van der Waals surface area contributed by atoms with E-state index in [1.54, 1.807) is 0 Å². The first-order valence-corrected chi connectivity index (χ1v) is 5.07. The van der Waals surface area contributed by atoms with Gasteiger partial charge in [-0.15, -0.1) is 11.3 Å². The van der Waals surface area contributed by atoms with E-state index < -0.39 is 0 Å². The fourth-order valence-corrected chi connectivity index (χ4v) is 2.16. The fourth-order valence-electron chi connectivity index (χ4n) is 1.44. The van der Waals surface area contributed by atoms with E-state index in [0.29, 0.717) is 13.2 Å². The summed E-state index contributed by atoms with van der Waals surface area (Å²) in [4.78, 5) is 4.27. The molecule has 5 heteroatoms. The molecule has 0 bridgehead atoms. The molecule has 1 aromatic rings. The number of aliphatic hydroxyl groups excluding tert-OH is 1. The Morgan fingerprint density at radius 2 is 2.54 bits per heavy atom. The molecule has 0 radical (unpaired) electrons. The third-order valence-corrected chi connectivity index (χ3v) is 3.06. The van der Waals surface area contributed by atoms with Gasteiger partial charge in [0.1, 0.15) is 5.01 Å². The number of hydrogen-bond donors (Lipinski definition) is 2. The van der Waals surface area contributed by atoms with Crippen LogP contribution < -0.4 is 5.73 Å². The van der Waals surface area contributed by atoms with Crippen LogP contribution in [0, 0.1) is 0 Å². The Morgan fingerprint density at radius 3 is 3.08 bits per heavy atom. The summed E-state index contributed by atoms with van der Waals surface area (Å²) in [5.41, 5.74) is 6.80. The lowest BCUT2D eigenvalue weighted by molar-refractivity contribution is 0.190. The monoisotopic (exact) mass is 200 g/mol. The number of aliphatic hydroxyl groups is 1. The van der Waals surface area contributed by atoms with Crippen LogP contribution in [0.15, 0.2) is 5.38 Å². The minimum absolute atomic E-state index is 0.00742. The second-order valence-electron chi connectivity index (χ2n) is 3.13. The maximum Gasteiger partial charge on any atom is 0.118 e. The molecule has 2 rings (SSSR count). The summed E-state index contributed by atoms with van der Waals surface area (Å²) >= 11 is 1.47. The summed E-state index contributed by atoms with van der Waals surface area (Å²) < 4.78 is 5.24. The van der Waals surface area contributed by atoms with Crippen molar-refractivity contribution in [3.63, 3.8) is 0 Å². The van der Waals surface area contributed by atoms with Crippen LogP contribution in [0.5, 0.6) is 0 Å². The van der Waals surface area contributed by atoms with Gasteiger partial charge in [-0.25, -0.2) is 4.98 Å². The van der Waals surface area contributed by atoms with E-state index >= 15 is 0 Å². The zero-order chi connectivity index (χ0) is 9.26. The highest BCUT2D eigenvalue weighted by atomic mass is 32.1. The van der Waals surface area contributed by atoms with Crippen molar-refractivity contribution in [3.05, 3.63) is 16.1 Å². The molecule has 72 valence electrons. The van der Waals surface area contributed by atoms with Gasteiger partial charge in [0.25, 0.3) is 0 Å². The normalized spacial score (nSPS) is 28.2. The number of nitrogens with zero attached hydrogens (tertiary/aromatic N) is 1. The largest absolute Gasteiger partial charge is 0.389 e. The molecule has 1 aliphatic rings. The number of nitrogens with two attached hydrogens (primary N) is 1. The molecule has 0 aromatic carbocycles. The molecule has 13 heavy (non-hydrogen) atoms. The first-order valence-electron chi connectivity index (χ1n) is 4.19. The van der Waals surface area contributed by atoms with Gasteiger partial charge in [-0.3, -0.25) is 0 Å². The number of rotatable bonds is 2. The second kappa shape index (κ2) is 3.71. The standard InChI is InChI=1S/C8H12N2O2S/c9-6-3-12-2-5(6)7-4-13-8(1-11)10-7/h4-6,11H,1-3,9H2. The fraction of sp³-hybridized carbons (Fsp3) is 0.625. The highest BCUT2D eigenvalue weighted by molar-refractivity contribution is 7.09. The smallest absolute Gasteiger partial charge is 0.118 e. The topological polar surface area (TPSA) is 68.4 Å². The Hall–Kier alpha value is -0.490. The van der Waals surface area contributed by atoms with Crippen LogP contribution >= 0.6 is 11.3 Å². The van der Waals surface area contributed by atoms with E-state index in [1.807, 2.05) is 5.38 Å². The Morgan fingerprint density at radius 1 is 1.69 bits per heavy atom. The lowest BCUT2D eigenvalue weighted by Crippen LogP contribution is -2.27. The lowest BCUT2D eigenvalue weighted by atomic mass is 10.0. The van der Waals surface area contributed by atoms with Gasteiger partial charge >= 0.3 is 0 Å². The maximum atomic E-state index is 8.85. The summed E-state index contributed by atoms with van der Waals surface area (Å²) in [7, 11) is 0. The van der Waals surface area contributed by atoms with E-state index in [9.17, 15) is 0 Å². The van der Waals surface area contributed by atoms with Crippen LogP contribution in [0.25, 0.3) is 0 Å². The molecule has 4 nitrogen and oxygen atoms in total. The molecule has 2 heterocycles. The molecule has 2 atom stereocenters. The van der Waals surface area contributed by atoms with Gasteiger partial charge in [0, 0.05) is 17.3 Å². The Kier molecular flexibility index (Phi) is 2.59. The minimum Gasteiger partial charge on any atom is -0.389 e. The zero-order valence-corrected chi connectivity index (χ0v) is 7.96. The molecule has 2 unspecified atom stereocenters. The first kappa shape index (κ1) is 9.08. The third kappa shape index (κ3) is 1.73. The van der Waals surface area contributed by atoms with E-state index in [0.717, 1.165) is 10.7 Å². The molecule has 1 aromatic heterocycles. The quantitative estimate of drug-likeness (QED) is 0.709. The van der Waals surface area contributed by atoms with Crippen LogP contribution in [-0.2, 0) is 11.3 Å². The summed E-state index contributed by atoms with van der Waals surface area (Å²) in [6.07, 6.45) is 0. The molecule has 1 fully saturated rings. The molecule has 1 saturated heterocycles. The van der Waals surface area contributed by atoms with Gasteiger partial charge < -0.3 is 15.6 Å². The van der Waals surface area contributed by atoms with Crippen molar-refractivity contribution < 1.29 is 9.84 Å². The molecule has 3 N–H and O–H groups in total. The van der Waals surface area contributed by atoms with E-state index in [2.05, 4.69) is 4.98 Å². The Labute approximate surface area is 80.4 Å². The average Bonchev–Trinajstić information content (AvgIpc) is 2.71. The van der Waals surface area contributed by atoms with Crippen molar-refractivity contribution in [3.8, 4) is 0 Å². The van der Waals surface area contributed by atoms with E-state index in [-0.39, 0.29) is 18.6 Å². The van der Waals surface area contributed by atoms with Crippen molar-refractivity contribution in [2.45, 2.75) is 18.6 Å². The van der Waals surface area contributed by atoms with Gasteiger partial charge in [0.05, 0.1) is 25.5 Å². The second-order valence-corrected chi connectivity index (χ2v) is 4.07. The molecule has 1 aliphatic heterocycles. The summed E-state index contributed by atoms with van der Waals surface area (Å²) in [6.45, 7) is 1.26. The average molecular weight is 200 g/mol. The first-order chi connectivity index (χ1) is 6.31. The molecule has 0 amide bonds. The molecular formula is C8H12N2O2S. The van der Waals surface area contributed by atoms with E-state index in [4.69, 9.17) is 15.6 Å². The number of hydrogen-bond acceptors (Lipinski definition) is 5. The summed E-state index contributed by atoms with van der Waals surface area (Å²) in [6, 6.07) is 0.0497. The van der Waals surface area contributed by atoms with Gasteiger partial charge in [0.2, 0.25) is 0 Å². The zero-order valence-electron chi connectivity index (χ0n) is 7.14. The van der Waals surface area contributed by atoms with Crippen molar-refractivity contribution >= 4 is 11.3 Å². The Bertz CT molecular complexity index is 289. The van der Waals surface area contributed by atoms with Crippen LogP contribution in [0.1, 0.15) is 16.6 Å². The number of aromatic nitrogens is 1. The highest BCUT2D eigenvalue weighted by Crippen LogP contribution is 2.25. The molecule has 0 spiro atoms. The number of thiazole rings is 1. The SMILES string of the molecule is NC1COCC1c1csc(CO)n1. The van der Waals surface area contributed by atoms with Crippen molar-refractivity contribution in [1.82, 2.24) is 4.98 Å². The highest BCUT2D eigenvalue weighted by Gasteiger charge is 2.28. The van der Waals surface area contributed by atoms with Gasteiger partial charge in [-0.2, -0.15) is 0 Å². The van der Waals surface area contributed by atoms with E-state index in [1.165, 1.54) is 11.3 Å². The lowest BCUT2D eigenvalue weighted by Gasteiger charge is -2.08. The maximum absolute atomic E-state index is 8.85. The molecular weight excluding hydrogens is 188 g/mol. The summed E-state index contributed by atoms with van der Waals surface area (Å²) in [5.74, 6) is 0.205. The predicted molar refractivity (Wildman–Crippen MR) is 49.6 cm³/mol. The van der Waals surface area contributed by atoms with Gasteiger partial charge in [-0.1, -0.05) is 0 Å².